The van der Waals surface area contributed by atoms with Gasteiger partial charge in [0.05, 0.1) is 11.3 Å². The van der Waals surface area contributed by atoms with Gasteiger partial charge in [0.2, 0.25) is 17.8 Å². The van der Waals surface area contributed by atoms with Gasteiger partial charge < -0.3 is 16.0 Å². The Kier molecular flexibility index (Phi) is 7.92. The molecule has 0 radical (unpaired) electrons. The largest absolute Gasteiger partial charge is 0.416 e. The number of carbonyl (C=O) groups excluding carboxylic acids is 1. The van der Waals surface area contributed by atoms with E-state index in [0.29, 0.717) is 0 Å². The Labute approximate surface area is 216 Å². The SMILES string of the molecule is Cc1ccc(Nc2nc(Nc3ccc(C)cc3)nc(SCC(=O)Nc3cccc(C(F)(F)F)c3)n2)cc1. The van der Waals surface area contributed by atoms with E-state index in [2.05, 4.69) is 30.9 Å². The van der Waals surface area contributed by atoms with Gasteiger partial charge in [0, 0.05) is 17.1 Å². The van der Waals surface area contributed by atoms with Crippen molar-refractivity contribution >= 4 is 46.6 Å². The van der Waals surface area contributed by atoms with Crippen LogP contribution in [0.3, 0.4) is 0 Å². The molecule has 1 aromatic heterocycles. The Bertz CT molecular complexity index is 1310. The molecule has 0 atom stereocenters. The molecule has 37 heavy (non-hydrogen) atoms. The van der Waals surface area contributed by atoms with Crippen molar-refractivity contribution in [3.8, 4) is 0 Å². The molecule has 0 bridgehead atoms. The van der Waals surface area contributed by atoms with Crippen molar-refractivity contribution < 1.29 is 18.0 Å². The number of halogens is 3. The molecule has 3 N–H and O–H groups in total. The third kappa shape index (κ3) is 7.68. The Morgan fingerprint density at radius 2 is 1.32 bits per heavy atom. The summed E-state index contributed by atoms with van der Waals surface area (Å²) in [5.74, 6) is -0.0666. The van der Waals surface area contributed by atoms with Crippen LogP contribution < -0.4 is 16.0 Å². The van der Waals surface area contributed by atoms with Gasteiger partial charge in [0.1, 0.15) is 0 Å². The summed E-state index contributed by atoms with van der Waals surface area (Å²) < 4.78 is 38.9. The standard InChI is InChI=1S/C26H23F3N6OS/c1-16-6-10-19(11-7-16)31-23-33-24(32-20-12-8-17(2)9-13-20)35-25(34-23)37-15-22(36)30-21-5-3-4-18(14-21)26(27,28)29/h3-14H,15H2,1-2H3,(H,30,36)(H2,31,32,33,34,35). The second kappa shape index (κ2) is 11.3. The lowest BCUT2D eigenvalue weighted by molar-refractivity contribution is -0.137. The average Bonchev–Trinajstić information content (AvgIpc) is 2.85. The average molecular weight is 525 g/mol. The van der Waals surface area contributed by atoms with Gasteiger partial charge >= 0.3 is 6.18 Å². The van der Waals surface area contributed by atoms with Gasteiger partial charge in [-0.2, -0.15) is 28.1 Å². The summed E-state index contributed by atoms with van der Waals surface area (Å²) in [6.45, 7) is 3.96. The number of aromatic nitrogens is 3. The summed E-state index contributed by atoms with van der Waals surface area (Å²) in [7, 11) is 0. The van der Waals surface area contributed by atoms with Gasteiger partial charge in [-0.15, -0.1) is 0 Å². The highest BCUT2D eigenvalue weighted by Crippen LogP contribution is 2.31. The second-order valence-corrected chi connectivity index (χ2v) is 9.11. The van der Waals surface area contributed by atoms with Gasteiger partial charge in [-0.05, 0) is 56.3 Å². The van der Waals surface area contributed by atoms with Crippen LogP contribution in [0.1, 0.15) is 16.7 Å². The molecule has 0 saturated heterocycles. The lowest BCUT2D eigenvalue weighted by Gasteiger charge is -2.11. The van der Waals surface area contributed by atoms with Crippen molar-refractivity contribution in [3.63, 3.8) is 0 Å². The molecule has 0 aliphatic carbocycles. The van der Waals surface area contributed by atoms with Crippen molar-refractivity contribution in [2.24, 2.45) is 0 Å². The van der Waals surface area contributed by atoms with Crippen LogP contribution in [0.2, 0.25) is 0 Å². The fraction of sp³-hybridized carbons (Fsp3) is 0.154. The number of anilines is 5. The molecule has 0 aliphatic rings. The zero-order chi connectivity index (χ0) is 26.4. The number of hydrogen-bond donors (Lipinski definition) is 3. The number of rotatable bonds is 8. The number of alkyl halides is 3. The van der Waals surface area contributed by atoms with Crippen LogP contribution in [0.4, 0.5) is 42.1 Å². The van der Waals surface area contributed by atoms with Crippen molar-refractivity contribution in [2.45, 2.75) is 25.2 Å². The molecule has 4 aromatic rings. The Morgan fingerprint density at radius 3 is 1.84 bits per heavy atom. The van der Waals surface area contributed by atoms with E-state index in [-0.39, 0.29) is 28.5 Å². The summed E-state index contributed by atoms with van der Waals surface area (Å²) in [5.41, 5.74) is 2.97. The first-order chi connectivity index (χ1) is 17.6. The molecule has 1 heterocycles. The second-order valence-electron chi connectivity index (χ2n) is 8.16. The fourth-order valence-electron chi connectivity index (χ4n) is 3.17. The highest BCUT2D eigenvalue weighted by atomic mass is 32.2. The van der Waals surface area contributed by atoms with Crippen LogP contribution in [-0.4, -0.2) is 26.6 Å². The number of nitrogens with one attached hydrogen (secondary N) is 3. The smallest absolute Gasteiger partial charge is 0.325 e. The summed E-state index contributed by atoms with van der Waals surface area (Å²) in [6.07, 6.45) is -4.50. The van der Waals surface area contributed by atoms with Gasteiger partial charge in [0.15, 0.2) is 5.16 Å². The quantitative estimate of drug-likeness (QED) is 0.220. The highest BCUT2D eigenvalue weighted by Gasteiger charge is 2.30. The van der Waals surface area contributed by atoms with Crippen LogP contribution in [-0.2, 0) is 11.0 Å². The minimum atomic E-state index is -4.50. The lowest BCUT2D eigenvalue weighted by atomic mass is 10.2. The topological polar surface area (TPSA) is 91.8 Å². The Morgan fingerprint density at radius 1 is 0.784 bits per heavy atom. The molecule has 0 spiro atoms. The maximum absolute atomic E-state index is 13.0. The number of amides is 1. The molecule has 190 valence electrons. The van der Waals surface area contributed by atoms with E-state index in [9.17, 15) is 18.0 Å². The number of benzene rings is 3. The number of hydrogen-bond acceptors (Lipinski definition) is 7. The van der Waals surface area contributed by atoms with Crippen molar-refractivity contribution in [3.05, 3.63) is 89.5 Å². The Balaban J connectivity index is 1.49. The van der Waals surface area contributed by atoms with E-state index >= 15 is 0 Å². The van der Waals surface area contributed by atoms with E-state index in [0.717, 1.165) is 46.4 Å². The number of thioether (sulfide) groups is 1. The summed E-state index contributed by atoms with van der Waals surface area (Å²) in [6, 6.07) is 19.8. The van der Waals surface area contributed by atoms with Crippen molar-refractivity contribution in [1.82, 2.24) is 15.0 Å². The first kappa shape index (κ1) is 26.0. The molecule has 1 amide bonds. The molecule has 4 rings (SSSR count). The summed E-state index contributed by atoms with van der Waals surface area (Å²) in [4.78, 5) is 25.7. The third-order valence-corrected chi connectivity index (χ3v) is 5.88. The molecule has 7 nitrogen and oxygen atoms in total. The number of nitrogens with zero attached hydrogens (tertiary/aromatic N) is 3. The number of aryl methyl sites for hydroxylation is 2. The molecule has 0 unspecified atom stereocenters. The maximum atomic E-state index is 13.0. The number of carbonyl (C=O) groups is 1. The highest BCUT2D eigenvalue weighted by molar-refractivity contribution is 7.99. The molecular weight excluding hydrogens is 501 g/mol. The maximum Gasteiger partial charge on any atom is 0.416 e. The predicted octanol–water partition coefficient (Wildman–Crippen LogP) is 6.73. The molecule has 0 saturated carbocycles. The predicted molar refractivity (Wildman–Crippen MR) is 140 cm³/mol. The summed E-state index contributed by atoms with van der Waals surface area (Å²) in [5, 5.41) is 9.01. The van der Waals surface area contributed by atoms with Crippen LogP contribution in [0, 0.1) is 13.8 Å². The monoisotopic (exact) mass is 524 g/mol. The van der Waals surface area contributed by atoms with E-state index in [1.54, 1.807) is 0 Å². The lowest BCUT2D eigenvalue weighted by Crippen LogP contribution is -2.15. The van der Waals surface area contributed by atoms with E-state index in [1.807, 2.05) is 62.4 Å². The van der Waals surface area contributed by atoms with Crippen LogP contribution in [0.15, 0.2) is 78.0 Å². The van der Waals surface area contributed by atoms with E-state index in [4.69, 9.17) is 0 Å². The fourth-order valence-corrected chi connectivity index (χ4v) is 3.80. The molecular formula is C26H23F3N6OS. The van der Waals surface area contributed by atoms with Gasteiger partial charge in [-0.3, -0.25) is 4.79 Å². The molecule has 11 heteroatoms. The first-order valence-electron chi connectivity index (χ1n) is 11.2. The van der Waals surface area contributed by atoms with Gasteiger partial charge in [0.25, 0.3) is 0 Å². The third-order valence-electron chi connectivity index (χ3n) is 5.04. The van der Waals surface area contributed by atoms with Gasteiger partial charge in [-0.25, -0.2) is 0 Å². The normalized spacial score (nSPS) is 11.2. The van der Waals surface area contributed by atoms with Crippen molar-refractivity contribution in [1.29, 1.82) is 0 Å². The summed E-state index contributed by atoms with van der Waals surface area (Å²) >= 11 is 1.04. The molecule has 3 aromatic carbocycles. The van der Waals surface area contributed by atoms with Crippen LogP contribution in [0.5, 0.6) is 0 Å². The molecule has 0 aliphatic heterocycles. The first-order valence-corrected chi connectivity index (χ1v) is 12.2. The van der Waals surface area contributed by atoms with Crippen LogP contribution in [0.25, 0.3) is 0 Å². The zero-order valence-corrected chi connectivity index (χ0v) is 20.7. The van der Waals surface area contributed by atoms with Crippen molar-refractivity contribution in [2.75, 3.05) is 21.7 Å². The van der Waals surface area contributed by atoms with E-state index < -0.39 is 17.6 Å². The van der Waals surface area contributed by atoms with Gasteiger partial charge in [-0.1, -0.05) is 53.2 Å². The molecule has 0 fully saturated rings. The van der Waals surface area contributed by atoms with E-state index in [1.165, 1.54) is 12.1 Å². The minimum Gasteiger partial charge on any atom is -0.325 e. The zero-order valence-electron chi connectivity index (χ0n) is 19.9. The van der Waals surface area contributed by atoms with Crippen LogP contribution >= 0.6 is 11.8 Å². The Hall–Kier alpha value is -4.12. The minimum absolute atomic E-state index is 0.0551.